The van der Waals surface area contributed by atoms with Crippen LogP contribution in [0.25, 0.3) is 0 Å². The van der Waals surface area contributed by atoms with Crippen LogP contribution in [0.15, 0.2) is 0 Å². The second-order valence-corrected chi connectivity index (χ2v) is 2.30. The van der Waals surface area contributed by atoms with E-state index >= 15 is 0 Å². The second-order valence-electron chi connectivity index (χ2n) is 2.30. The first kappa shape index (κ1) is 11.1. The molecule has 1 amide bonds. The number of Topliss-reactive ketones (excluding diaryl/α,β-unsaturated/α-hetero) is 1. The highest BCUT2D eigenvalue weighted by Crippen LogP contribution is 1.89. The van der Waals surface area contributed by atoms with Gasteiger partial charge in [-0.2, -0.15) is 0 Å². The van der Waals surface area contributed by atoms with Crippen LogP contribution >= 0.6 is 0 Å². The Morgan fingerprint density at radius 3 is 1.83 bits per heavy atom. The van der Waals surface area contributed by atoms with Crippen molar-refractivity contribution in [2.24, 2.45) is 0 Å². The number of amides is 1. The number of hydrogen-bond donors (Lipinski definition) is 2. The molecule has 0 spiro atoms. The van der Waals surface area contributed by atoms with Crippen molar-refractivity contribution >= 4 is 11.7 Å². The molecule has 5 nitrogen and oxygen atoms in total. The molecule has 0 fully saturated rings. The maximum atomic E-state index is 11.0. The third kappa shape index (κ3) is 3.45. The van der Waals surface area contributed by atoms with E-state index in [0.29, 0.717) is 0 Å². The largest absolute Gasteiger partial charge is 0.395 e. The zero-order valence-corrected chi connectivity index (χ0v) is 6.99. The van der Waals surface area contributed by atoms with E-state index in [4.69, 9.17) is 10.2 Å². The molecular formula is C7H13NO4. The number of rotatable bonds is 5. The summed E-state index contributed by atoms with van der Waals surface area (Å²) in [5.41, 5.74) is 0. The predicted octanol–water partition coefficient (Wildman–Crippen LogP) is -1.61. The molecule has 2 N–H and O–H groups in total. The molecule has 0 saturated heterocycles. The molecule has 0 heterocycles. The van der Waals surface area contributed by atoms with E-state index in [0.717, 1.165) is 11.8 Å². The molecule has 0 atom stereocenters. The maximum Gasteiger partial charge on any atom is 0.289 e. The molecule has 70 valence electrons. The molecule has 0 aliphatic rings. The van der Waals surface area contributed by atoms with Gasteiger partial charge in [0.2, 0.25) is 5.78 Å². The van der Waals surface area contributed by atoms with Gasteiger partial charge in [0.25, 0.3) is 5.91 Å². The van der Waals surface area contributed by atoms with Gasteiger partial charge in [-0.05, 0) is 0 Å². The Morgan fingerprint density at radius 2 is 1.58 bits per heavy atom. The zero-order chi connectivity index (χ0) is 9.56. The fraction of sp³-hybridized carbons (Fsp3) is 0.714. The molecule has 12 heavy (non-hydrogen) atoms. The van der Waals surface area contributed by atoms with Crippen molar-refractivity contribution in [1.29, 1.82) is 0 Å². The maximum absolute atomic E-state index is 11.0. The number of aliphatic hydroxyl groups excluding tert-OH is 2. The third-order valence-corrected chi connectivity index (χ3v) is 1.33. The second kappa shape index (κ2) is 5.68. The Morgan fingerprint density at radius 1 is 1.17 bits per heavy atom. The van der Waals surface area contributed by atoms with Gasteiger partial charge in [0.05, 0.1) is 13.2 Å². The Bertz CT molecular complexity index is 163. The zero-order valence-electron chi connectivity index (χ0n) is 6.99. The molecule has 0 rings (SSSR count). The van der Waals surface area contributed by atoms with Crippen LogP contribution in [0.1, 0.15) is 6.92 Å². The van der Waals surface area contributed by atoms with Crippen LogP contribution in [0, 0.1) is 0 Å². The van der Waals surface area contributed by atoms with Crippen LogP contribution in [-0.4, -0.2) is 53.1 Å². The minimum absolute atomic E-state index is 0.0823. The van der Waals surface area contributed by atoms with Gasteiger partial charge in [-0.25, -0.2) is 0 Å². The number of aliphatic hydroxyl groups is 2. The summed E-state index contributed by atoms with van der Waals surface area (Å²) in [5.74, 6) is -1.25. The van der Waals surface area contributed by atoms with Gasteiger partial charge < -0.3 is 15.1 Å². The van der Waals surface area contributed by atoms with E-state index in [1.54, 1.807) is 0 Å². The Hall–Kier alpha value is -0.940. The summed E-state index contributed by atoms with van der Waals surface area (Å²) in [4.78, 5) is 22.7. The average Bonchev–Trinajstić information content (AvgIpc) is 2.03. The standard InChI is InChI=1S/C7H13NO4/c1-6(11)7(12)8(2-4-9)3-5-10/h9-10H,2-5H2,1H3. The van der Waals surface area contributed by atoms with Crippen molar-refractivity contribution in [3.05, 3.63) is 0 Å². The van der Waals surface area contributed by atoms with E-state index < -0.39 is 11.7 Å². The summed E-state index contributed by atoms with van der Waals surface area (Å²) in [7, 11) is 0. The van der Waals surface area contributed by atoms with Gasteiger partial charge in [-0.15, -0.1) is 0 Å². The number of nitrogens with zero attached hydrogens (tertiary/aromatic N) is 1. The molecule has 0 aliphatic heterocycles. The van der Waals surface area contributed by atoms with Gasteiger partial charge in [0.1, 0.15) is 0 Å². The predicted molar refractivity (Wildman–Crippen MR) is 41.4 cm³/mol. The lowest BCUT2D eigenvalue weighted by Gasteiger charge is -2.18. The Balaban J connectivity index is 4.08. The highest BCUT2D eigenvalue weighted by Gasteiger charge is 2.16. The van der Waals surface area contributed by atoms with Crippen molar-refractivity contribution in [3.63, 3.8) is 0 Å². The summed E-state index contributed by atoms with van der Waals surface area (Å²) < 4.78 is 0. The summed E-state index contributed by atoms with van der Waals surface area (Å²) in [6, 6.07) is 0. The normalized spacial score (nSPS) is 9.58. The lowest BCUT2D eigenvalue weighted by Crippen LogP contribution is -2.39. The SMILES string of the molecule is CC(=O)C(=O)N(CCO)CCO. The highest BCUT2D eigenvalue weighted by atomic mass is 16.3. The Labute approximate surface area is 70.6 Å². The van der Waals surface area contributed by atoms with Gasteiger partial charge in [0.15, 0.2) is 0 Å². The number of carbonyl (C=O) groups is 2. The summed E-state index contributed by atoms with van der Waals surface area (Å²) in [5, 5.41) is 17.0. The molecular weight excluding hydrogens is 162 g/mol. The number of carbonyl (C=O) groups excluding carboxylic acids is 2. The van der Waals surface area contributed by atoms with E-state index in [1.165, 1.54) is 0 Å². The number of ketones is 1. The van der Waals surface area contributed by atoms with E-state index in [-0.39, 0.29) is 26.3 Å². The van der Waals surface area contributed by atoms with Crippen molar-refractivity contribution in [2.75, 3.05) is 26.3 Å². The molecule has 0 radical (unpaired) electrons. The first-order valence-electron chi connectivity index (χ1n) is 3.65. The van der Waals surface area contributed by atoms with Crippen molar-refractivity contribution in [3.8, 4) is 0 Å². The van der Waals surface area contributed by atoms with Crippen molar-refractivity contribution < 1.29 is 19.8 Å². The first-order valence-corrected chi connectivity index (χ1v) is 3.65. The summed E-state index contributed by atoms with van der Waals surface area (Å²) in [6.45, 7) is 0.903. The summed E-state index contributed by atoms with van der Waals surface area (Å²) >= 11 is 0. The lowest BCUT2D eigenvalue weighted by molar-refractivity contribution is -0.144. The monoisotopic (exact) mass is 175 g/mol. The van der Waals surface area contributed by atoms with Crippen LogP contribution in [0.5, 0.6) is 0 Å². The van der Waals surface area contributed by atoms with Crippen LogP contribution in [0.2, 0.25) is 0 Å². The van der Waals surface area contributed by atoms with E-state index in [1.807, 2.05) is 0 Å². The van der Waals surface area contributed by atoms with Crippen molar-refractivity contribution in [1.82, 2.24) is 4.90 Å². The molecule has 5 heteroatoms. The molecule has 0 saturated carbocycles. The van der Waals surface area contributed by atoms with E-state index in [9.17, 15) is 9.59 Å². The summed E-state index contributed by atoms with van der Waals surface area (Å²) in [6.07, 6.45) is 0. The van der Waals surface area contributed by atoms with Crippen LogP contribution in [0.3, 0.4) is 0 Å². The third-order valence-electron chi connectivity index (χ3n) is 1.33. The Kier molecular flexibility index (Phi) is 5.23. The van der Waals surface area contributed by atoms with Crippen LogP contribution in [-0.2, 0) is 9.59 Å². The van der Waals surface area contributed by atoms with Crippen LogP contribution in [0.4, 0.5) is 0 Å². The topological polar surface area (TPSA) is 77.8 Å². The highest BCUT2D eigenvalue weighted by molar-refractivity contribution is 6.35. The number of hydrogen-bond acceptors (Lipinski definition) is 4. The smallest absolute Gasteiger partial charge is 0.289 e. The van der Waals surface area contributed by atoms with Gasteiger partial charge in [-0.1, -0.05) is 0 Å². The lowest BCUT2D eigenvalue weighted by atomic mass is 10.3. The van der Waals surface area contributed by atoms with Crippen molar-refractivity contribution in [2.45, 2.75) is 6.92 Å². The van der Waals surface area contributed by atoms with E-state index in [2.05, 4.69) is 0 Å². The molecule has 0 bridgehead atoms. The van der Waals surface area contributed by atoms with Gasteiger partial charge in [0, 0.05) is 20.0 Å². The average molecular weight is 175 g/mol. The fourth-order valence-electron chi connectivity index (χ4n) is 0.779. The minimum Gasteiger partial charge on any atom is -0.395 e. The van der Waals surface area contributed by atoms with Crippen LogP contribution < -0.4 is 0 Å². The molecule has 0 aromatic carbocycles. The fourth-order valence-corrected chi connectivity index (χ4v) is 0.779. The molecule has 0 aromatic heterocycles. The first-order chi connectivity index (χ1) is 5.63. The molecule has 0 aliphatic carbocycles. The quantitative estimate of drug-likeness (QED) is 0.493. The molecule has 0 aromatic rings. The van der Waals surface area contributed by atoms with Gasteiger partial charge >= 0.3 is 0 Å². The minimum atomic E-state index is -0.668. The van der Waals surface area contributed by atoms with Gasteiger partial charge in [-0.3, -0.25) is 9.59 Å². The molecule has 0 unspecified atom stereocenters.